The summed E-state index contributed by atoms with van der Waals surface area (Å²) < 4.78 is 11.4. The Balaban J connectivity index is 0.00000363. The Labute approximate surface area is 211 Å². The Bertz CT molecular complexity index is 642. The molecule has 0 saturated carbocycles. The summed E-state index contributed by atoms with van der Waals surface area (Å²) in [5.74, 6) is 1.80. The van der Waals surface area contributed by atoms with Crippen LogP contribution in [0.15, 0.2) is 29.3 Å². The van der Waals surface area contributed by atoms with Crippen LogP contribution in [0.25, 0.3) is 0 Å². The number of hydrogen-bond acceptors (Lipinski definition) is 4. The van der Waals surface area contributed by atoms with Crippen molar-refractivity contribution >= 4 is 29.9 Å². The van der Waals surface area contributed by atoms with Crippen LogP contribution in [-0.2, 0) is 22.6 Å². The summed E-state index contributed by atoms with van der Waals surface area (Å²) in [7, 11) is 0. The predicted molar refractivity (Wildman–Crippen MR) is 143 cm³/mol. The molecule has 0 atom stereocenters. The van der Waals surface area contributed by atoms with Gasteiger partial charge in [-0.15, -0.1) is 24.0 Å². The van der Waals surface area contributed by atoms with Crippen molar-refractivity contribution in [1.29, 1.82) is 0 Å². The summed E-state index contributed by atoms with van der Waals surface area (Å²) in [5.41, 5.74) is 2.44. The highest BCUT2D eigenvalue weighted by atomic mass is 127. The third-order valence-electron chi connectivity index (χ3n) is 6.26. The van der Waals surface area contributed by atoms with Crippen LogP contribution in [0.2, 0.25) is 0 Å². The minimum atomic E-state index is 0. The van der Waals surface area contributed by atoms with E-state index in [1.165, 1.54) is 43.6 Å². The molecule has 0 aromatic heterocycles. The quantitative estimate of drug-likeness (QED) is 0.195. The number of ether oxygens (including phenoxy) is 2. The number of benzene rings is 1. The average molecular weight is 559 g/mol. The van der Waals surface area contributed by atoms with Gasteiger partial charge in [-0.3, -0.25) is 0 Å². The molecule has 32 heavy (non-hydrogen) atoms. The third kappa shape index (κ3) is 10.4. The first kappa shape index (κ1) is 27.3. The molecule has 1 aromatic rings. The van der Waals surface area contributed by atoms with E-state index in [0.717, 1.165) is 57.4 Å². The van der Waals surface area contributed by atoms with Crippen LogP contribution in [0.4, 0.5) is 0 Å². The monoisotopic (exact) mass is 558 g/mol. The number of nitrogens with one attached hydrogen (secondary N) is 2. The number of aliphatic imine (C=N–C) groups is 1. The maximum atomic E-state index is 6.01. The summed E-state index contributed by atoms with van der Waals surface area (Å²) in [6, 6.07) is 8.63. The average Bonchev–Trinajstić information content (AvgIpc) is 2.81. The van der Waals surface area contributed by atoms with E-state index < -0.39 is 0 Å². The zero-order valence-corrected chi connectivity index (χ0v) is 22.3. The Kier molecular flexibility index (Phi) is 13.5. The first-order chi connectivity index (χ1) is 15.2. The normalized spacial score (nSPS) is 18.9. The lowest BCUT2D eigenvalue weighted by atomic mass is 9.99. The van der Waals surface area contributed by atoms with Crippen molar-refractivity contribution in [3.8, 4) is 0 Å². The number of rotatable bonds is 10. The highest BCUT2D eigenvalue weighted by molar-refractivity contribution is 14.0. The number of piperidine rings is 1. The topological polar surface area (TPSA) is 58.1 Å². The van der Waals surface area contributed by atoms with E-state index in [1.54, 1.807) is 0 Å². The van der Waals surface area contributed by atoms with Gasteiger partial charge in [-0.1, -0.05) is 31.2 Å². The molecule has 2 N–H and O–H groups in total. The van der Waals surface area contributed by atoms with Gasteiger partial charge in [0.15, 0.2) is 5.96 Å². The van der Waals surface area contributed by atoms with Crippen molar-refractivity contribution in [2.45, 2.75) is 65.2 Å². The van der Waals surface area contributed by atoms with Gasteiger partial charge >= 0.3 is 0 Å². The van der Waals surface area contributed by atoms with Crippen LogP contribution in [0, 0.1) is 5.92 Å². The number of nitrogens with zero attached hydrogens (tertiary/aromatic N) is 2. The van der Waals surface area contributed by atoms with Crippen LogP contribution in [-0.4, -0.2) is 62.9 Å². The number of guanidine groups is 1. The van der Waals surface area contributed by atoms with Gasteiger partial charge in [-0.2, -0.15) is 0 Å². The van der Waals surface area contributed by atoms with Gasteiger partial charge in [0.1, 0.15) is 0 Å². The van der Waals surface area contributed by atoms with Gasteiger partial charge in [-0.25, -0.2) is 4.99 Å². The van der Waals surface area contributed by atoms with Crippen molar-refractivity contribution in [2.75, 3.05) is 45.9 Å². The molecule has 3 rings (SSSR count). The molecule has 2 aliphatic rings. The predicted octanol–water partition coefficient (Wildman–Crippen LogP) is 4.18. The van der Waals surface area contributed by atoms with Gasteiger partial charge in [0, 0.05) is 26.3 Å². The Morgan fingerprint density at radius 2 is 1.75 bits per heavy atom. The second kappa shape index (κ2) is 15.9. The molecule has 2 saturated heterocycles. The standard InChI is InChI=1S/C25H42N4O2.HI/c1-3-26-25(27-13-4-14-29-15-9-21(2)10-16-29)28-19-22-5-7-23(8-6-22)20-31-24-11-17-30-18-12-24;/h5-8,21,24H,3-4,9-20H2,1-2H3,(H2,26,27,28);1H. The lowest BCUT2D eigenvalue weighted by Crippen LogP contribution is -2.39. The molecular formula is C25H43IN4O2. The minimum Gasteiger partial charge on any atom is -0.381 e. The van der Waals surface area contributed by atoms with Gasteiger partial charge < -0.3 is 25.0 Å². The molecule has 6 nitrogen and oxygen atoms in total. The molecule has 0 amide bonds. The molecule has 0 radical (unpaired) electrons. The van der Waals surface area contributed by atoms with Crippen molar-refractivity contribution in [3.63, 3.8) is 0 Å². The largest absolute Gasteiger partial charge is 0.381 e. The fourth-order valence-corrected chi connectivity index (χ4v) is 4.10. The zero-order valence-electron chi connectivity index (χ0n) is 20.0. The molecule has 1 aromatic carbocycles. The fraction of sp³-hybridized carbons (Fsp3) is 0.720. The smallest absolute Gasteiger partial charge is 0.191 e. The number of halogens is 1. The first-order valence-corrected chi connectivity index (χ1v) is 12.2. The van der Waals surface area contributed by atoms with Crippen LogP contribution in [0.5, 0.6) is 0 Å². The van der Waals surface area contributed by atoms with E-state index in [-0.39, 0.29) is 24.0 Å². The van der Waals surface area contributed by atoms with Gasteiger partial charge in [-0.05, 0) is 75.7 Å². The second-order valence-electron chi connectivity index (χ2n) is 8.94. The molecule has 2 heterocycles. The molecule has 0 unspecified atom stereocenters. The summed E-state index contributed by atoms with van der Waals surface area (Å²) in [6.07, 6.45) is 6.19. The van der Waals surface area contributed by atoms with E-state index in [0.29, 0.717) is 19.3 Å². The van der Waals surface area contributed by atoms with Crippen LogP contribution >= 0.6 is 24.0 Å². The summed E-state index contributed by atoms with van der Waals surface area (Å²) in [4.78, 5) is 7.36. The molecule has 2 aliphatic heterocycles. The van der Waals surface area contributed by atoms with Gasteiger partial charge in [0.25, 0.3) is 0 Å². The maximum absolute atomic E-state index is 6.01. The zero-order chi connectivity index (χ0) is 21.7. The lowest BCUT2D eigenvalue weighted by molar-refractivity contribution is -0.0390. The third-order valence-corrected chi connectivity index (χ3v) is 6.26. The van der Waals surface area contributed by atoms with Gasteiger partial charge in [0.05, 0.1) is 19.3 Å². The van der Waals surface area contributed by atoms with Crippen molar-refractivity contribution < 1.29 is 9.47 Å². The maximum Gasteiger partial charge on any atom is 0.191 e. The van der Waals surface area contributed by atoms with E-state index in [1.807, 2.05) is 0 Å². The van der Waals surface area contributed by atoms with Crippen molar-refractivity contribution in [2.24, 2.45) is 10.9 Å². The highest BCUT2D eigenvalue weighted by Crippen LogP contribution is 2.16. The Morgan fingerprint density at radius 3 is 2.44 bits per heavy atom. The first-order valence-electron chi connectivity index (χ1n) is 12.2. The molecule has 0 aliphatic carbocycles. The van der Waals surface area contributed by atoms with Crippen LogP contribution in [0.1, 0.15) is 57.1 Å². The Hall–Kier alpha value is -0.900. The fourth-order valence-electron chi connectivity index (χ4n) is 4.10. The Morgan fingerprint density at radius 1 is 1.06 bits per heavy atom. The summed E-state index contributed by atoms with van der Waals surface area (Å²) in [6.45, 7) is 13.0. The molecule has 182 valence electrons. The minimum absolute atomic E-state index is 0. The van der Waals surface area contributed by atoms with Crippen molar-refractivity contribution in [3.05, 3.63) is 35.4 Å². The van der Waals surface area contributed by atoms with E-state index in [4.69, 9.17) is 14.5 Å². The molecule has 0 bridgehead atoms. The molecule has 0 spiro atoms. The highest BCUT2D eigenvalue weighted by Gasteiger charge is 2.15. The van der Waals surface area contributed by atoms with E-state index in [2.05, 4.69) is 53.6 Å². The molecular weight excluding hydrogens is 515 g/mol. The summed E-state index contributed by atoms with van der Waals surface area (Å²) >= 11 is 0. The number of hydrogen-bond donors (Lipinski definition) is 2. The van der Waals surface area contributed by atoms with Gasteiger partial charge in [0.2, 0.25) is 0 Å². The van der Waals surface area contributed by atoms with Crippen LogP contribution in [0.3, 0.4) is 0 Å². The van der Waals surface area contributed by atoms with E-state index >= 15 is 0 Å². The van der Waals surface area contributed by atoms with Crippen LogP contribution < -0.4 is 10.6 Å². The van der Waals surface area contributed by atoms with Crippen molar-refractivity contribution in [1.82, 2.24) is 15.5 Å². The molecule has 2 fully saturated rings. The number of likely N-dealkylation sites (tertiary alicyclic amines) is 1. The second-order valence-corrected chi connectivity index (χ2v) is 8.94. The summed E-state index contributed by atoms with van der Waals surface area (Å²) in [5, 5.41) is 6.85. The molecule has 7 heteroatoms. The lowest BCUT2D eigenvalue weighted by Gasteiger charge is -2.30. The van der Waals surface area contributed by atoms with E-state index in [9.17, 15) is 0 Å². The SMILES string of the molecule is CCNC(=NCc1ccc(COC2CCOCC2)cc1)NCCCN1CCC(C)CC1.I.